The number of aryl methyl sites for hydroxylation is 1. The predicted octanol–water partition coefficient (Wildman–Crippen LogP) is 3.26. The van der Waals surface area contributed by atoms with Crippen molar-refractivity contribution in [2.75, 3.05) is 5.32 Å². The Balaban J connectivity index is 1.96. The van der Waals surface area contributed by atoms with Gasteiger partial charge in [0, 0.05) is 5.56 Å². The van der Waals surface area contributed by atoms with Gasteiger partial charge in [0.05, 0.1) is 10.9 Å². The number of carbonyl (C=O) groups excluding carboxylic acids is 1. The molecule has 4 nitrogen and oxygen atoms in total. The van der Waals surface area contributed by atoms with E-state index in [1.807, 2.05) is 13.0 Å². The van der Waals surface area contributed by atoms with Gasteiger partial charge in [-0.05, 0) is 31.2 Å². The van der Waals surface area contributed by atoms with Crippen LogP contribution in [0.1, 0.15) is 15.9 Å². The van der Waals surface area contributed by atoms with Gasteiger partial charge in [-0.25, -0.2) is 4.39 Å². The van der Waals surface area contributed by atoms with Gasteiger partial charge in [0.2, 0.25) is 0 Å². The lowest BCUT2D eigenvalue weighted by Crippen LogP contribution is -2.12. The summed E-state index contributed by atoms with van der Waals surface area (Å²) in [5.74, 6) is -0.536. The first kappa shape index (κ1) is 12.3. The summed E-state index contributed by atoms with van der Waals surface area (Å²) in [6, 6.07) is 11.8. The highest BCUT2D eigenvalue weighted by Crippen LogP contribution is 2.23. The van der Waals surface area contributed by atoms with Crippen LogP contribution in [0.2, 0.25) is 0 Å². The number of H-pyrrole nitrogens is 1. The average Bonchev–Trinajstić information content (AvgIpc) is 2.83. The molecule has 0 aliphatic heterocycles. The molecule has 1 aromatic heterocycles. The maximum atomic E-state index is 13.8. The predicted molar refractivity (Wildman–Crippen MR) is 75.2 cm³/mol. The molecule has 0 fully saturated rings. The lowest BCUT2D eigenvalue weighted by molar-refractivity contribution is 0.102. The molecule has 3 aromatic rings. The lowest BCUT2D eigenvalue weighted by Gasteiger charge is -2.03. The standard InChI is InChI=1S/C15H12FN3O/c1-9-4-2-5-10(8-9)15(20)17-14-13-11(16)6-3-7-12(13)18-19-14/h2-8H,1H3,(H2,17,18,19,20). The van der Waals surface area contributed by atoms with Crippen molar-refractivity contribution in [1.29, 1.82) is 0 Å². The Kier molecular flexibility index (Phi) is 2.95. The minimum atomic E-state index is -0.421. The topological polar surface area (TPSA) is 57.8 Å². The Hall–Kier alpha value is -2.69. The van der Waals surface area contributed by atoms with Crippen LogP contribution in [0.15, 0.2) is 42.5 Å². The largest absolute Gasteiger partial charge is 0.304 e. The van der Waals surface area contributed by atoms with Crippen molar-refractivity contribution in [2.24, 2.45) is 0 Å². The van der Waals surface area contributed by atoms with Crippen molar-refractivity contribution in [1.82, 2.24) is 10.2 Å². The summed E-state index contributed by atoms with van der Waals surface area (Å²) >= 11 is 0. The second-order valence-electron chi connectivity index (χ2n) is 4.56. The van der Waals surface area contributed by atoms with Crippen LogP contribution in [0.5, 0.6) is 0 Å². The van der Waals surface area contributed by atoms with E-state index >= 15 is 0 Å². The molecule has 0 radical (unpaired) electrons. The SMILES string of the molecule is Cc1cccc(C(=O)Nc2n[nH]c3cccc(F)c23)c1. The molecule has 20 heavy (non-hydrogen) atoms. The van der Waals surface area contributed by atoms with Gasteiger partial charge in [0.25, 0.3) is 5.91 Å². The fourth-order valence-electron chi connectivity index (χ4n) is 2.09. The van der Waals surface area contributed by atoms with E-state index in [0.29, 0.717) is 11.1 Å². The Morgan fingerprint density at radius 1 is 1.25 bits per heavy atom. The van der Waals surface area contributed by atoms with Gasteiger partial charge in [-0.3, -0.25) is 9.89 Å². The number of rotatable bonds is 2. The van der Waals surface area contributed by atoms with E-state index in [4.69, 9.17) is 0 Å². The molecule has 100 valence electrons. The third-order valence-electron chi connectivity index (χ3n) is 3.05. The number of hydrogen-bond donors (Lipinski definition) is 2. The molecular weight excluding hydrogens is 257 g/mol. The number of aromatic nitrogens is 2. The summed E-state index contributed by atoms with van der Waals surface area (Å²) in [6.07, 6.45) is 0. The second kappa shape index (κ2) is 4.77. The van der Waals surface area contributed by atoms with Crippen molar-refractivity contribution in [2.45, 2.75) is 6.92 Å². The van der Waals surface area contributed by atoms with Crippen LogP contribution in [-0.4, -0.2) is 16.1 Å². The fraction of sp³-hybridized carbons (Fsp3) is 0.0667. The van der Waals surface area contributed by atoms with Crippen molar-refractivity contribution in [3.05, 3.63) is 59.4 Å². The molecule has 0 bridgehead atoms. The molecule has 0 spiro atoms. The average molecular weight is 269 g/mol. The van der Waals surface area contributed by atoms with Crippen molar-refractivity contribution < 1.29 is 9.18 Å². The summed E-state index contributed by atoms with van der Waals surface area (Å²) < 4.78 is 13.8. The number of halogens is 1. The number of hydrogen-bond acceptors (Lipinski definition) is 2. The van der Waals surface area contributed by atoms with Crippen molar-refractivity contribution in [3.63, 3.8) is 0 Å². The van der Waals surface area contributed by atoms with Gasteiger partial charge in [-0.1, -0.05) is 23.8 Å². The van der Waals surface area contributed by atoms with Crippen molar-refractivity contribution in [3.8, 4) is 0 Å². The second-order valence-corrected chi connectivity index (χ2v) is 4.56. The first-order chi connectivity index (χ1) is 9.65. The Labute approximate surface area is 114 Å². The number of amides is 1. The molecule has 1 heterocycles. The number of nitrogens with zero attached hydrogens (tertiary/aromatic N) is 1. The van der Waals surface area contributed by atoms with Crippen LogP contribution in [0.3, 0.4) is 0 Å². The van der Waals surface area contributed by atoms with Gasteiger partial charge >= 0.3 is 0 Å². The third kappa shape index (κ3) is 2.14. The highest BCUT2D eigenvalue weighted by Gasteiger charge is 2.14. The number of nitrogens with one attached hydrogen (secondary N) is 2. The number of carbonyl (C=O) groups is 1. The minimum Gasteiger partial charge on any atom is -0.304 e. The van der Waals surface area contributed by atoms with Gasteiger partial charge in [0.15, 0.2) is 5.82 Å². The van der Waals surface area contributed by atoms with Gasteiger partial charge < -0.3 is 5.32 Å². The van der Waals surface area contributed by atoms with E-state index in [0.717, 1.165) is 5.56 Å². The summed E-state index contributed by atoms with van der Waals surface area (Å²) in [5.41, 5.74) is 2.04. The van der Waals surface area contributed by atoms with E-state index in [1.54, 1.807) is 30.3 Å². The molecular formula is C15H12FN3O. The van der Waals surface area contributed by atoms with Gasteiger partial charge in [-0.15, -0.1) is 0 Å². The molecule has 0 saturated carbocycles. The molecule has 2 N–H and O–H groups in total. The zero-order chi connectivity index (χ0) is 14.1. The van der Waals surface area contributed by atoms with Crippen LogP contribution in [0.4, 0.5) is 10.2 Å². The maximum absolute atomic E-state index is 13.8. The highest BCUT2D eigenvalue weighted by atomic mass is 19.1. The van der Waals surface area contributed by atoms with Crippen LogP contribution >= 0.6 is 0 Å². The van der Waals surface area contributed by atoms with E-state index < -0.39 is 5.82 Å². The molecule has 3 rings (SSSR count). The Morgan fingerprint density at radius 2 is 2.05 bits per heavy atom. The molecule has 5 heteroatoms. The van der Waals surface area contributed by atoms with Crippen LogP contribution in [-0.2, 0) is 0 Å². The number of fused-ring (bicyclic) bond motifs is 1. The highest BCUT2D eigenvalue weighted by molar-refractivity contribution is 6.07. The Bertz CT molecular complexity index is 795. The van der Waals surface area contributed by atoms with Crippen LogP contribution < -0.4 is 5.32 Å². The lowest BCUT2D eigenvalue weighted by atomic mass is 10.1. The molecule has 0 atom stereocenters. The Morgan fingerprint density at radius 3 is 2.85 bits per heavy atom. The normalized spacial score (nSPS) is 10.7. The smallest absolute Gasteiger partial charge is 0.256 e. The summed E-state index contributed by atoms with van der Waals surface area (Å²) in [4.78, 5) is 12.1. The molecule has 1 amide bonds. The minimum absolute atomic E-state index is 0.199. The molecule has 2 aromatic carbocycles. The fourth-order valence-corrected chi connectivity index (χ4v) is 2.09. The quantitative estimate of drug-likeness (QED) is 0.750. The van der Waals surface area contributed by atoms with E-state index in [2.05, 4.69) is 15.5 Å². The molecule has 0 aliphatic carbocycles. The van der Waals surface area contributed by atoms with Crippen LogP contribution in [0, 0.1) is 12.7 Å². The maximum Gasteiger partial charge on any atom is 0.256 e. The first-order valence-electron chi connectivity index (χ1n) is 6.16. The van der Waals surface area contributed by atoms with Crippen molar-refractivity contribution >= 4 is 22.6 Å². The number of aromatic amines is 1. The number of benzene rings is 2. The van der Waals surface area contributed by atoms with E-state index in [1.165, 1.54) is 6.07 Å². The van der Waals surface area contributed by atoms with Gasteiger partial charge in [-0.2, -0.15) is 5.10 Å². The summed E-state index contributed by atoms with van der Waals surface area (Å²) in [6.45, 7) is 1.90. The molecule has 0 unspecified atom stereocenters. The van der Waals surface area contributed by atoms with E-state index in [9.17, 15) is 9.18 Å². The molecule has 0 saturated heterocycles. The summed E-state index contributed by atoms with van der Waals surface area (Å²) in [5, 5.41) is 9.55. The third-order valence-corrected chi connectivity index (χ3v) is 3.05. The zero-order valence-electron chi connectivity index (χ0n) is 10.8. The zero-order valence-corrected chi connectivity index (χ0v) is 10.8. The molecule has 0 aliphatic rings. The van der Waals surface area contributed by atoms with E-state index in [-0.39, 0.29) is 17.1 Å². The summed E-state index contributed by atoms with van der Waals surface area (Å²) in [7, 11) is 0. The first-order valence-corrected chi connectivity index (χ1v) is 6.16. The van der Waals surface area contributed by atoms with Crippen LogP contribution in [0.25, 0.3) is 10.9 Å². The monoisotopic (exact) mass is 269 g/mol. The number of anilines is 1. The van der Waals surface area contributed by atoms with Gasteiger partial charge in [0.1, 0.15) is 5.82 Å².